The van der Waals surface area contributed by atoms with Gasteiger partial charge in [-0.1, -0.05) is 11.6 Å². The van der Waals surface area contributed by atoms with E-state index >= 15 is 0 Å². The Kier molecular flexibility index (Phi) is 6.35. The lowest BCUT2D eigenvalue weighted by Gasteiger charge is -2.22. The molecule has 0 radical (unpaired) electrons. The van der Waals surface area contributed by atoms with E-state index in [-0.39, 0.29) is 0 Å². The number of benzene rings is 2. The monoisotopic (exact) mass is 409 g/mol. The van der Waals surface area contributed by atoms with Crippen LogP contribution in [0.4, 0.5) is 0 Å². The fraction of sp³-hybridized carbons (Fsp3) is 0.375. The van der Waals surface area contributed by atoms with Crippen LogP contribution < -0.4 is 19.7 Å². The maximum Gasteiger partial charge on any atom is 0.161 e. The van der Waals surface area contributed by atoms with Crippen LogP contribution in [0.25, 0.3) is 22.3 Å². The number of hydrogen-bond donors (Lipinski definition) is 1. The van der Waals surface area contributed by atoms with Crippen LogP contribution in [0.5, 0.6) is 11.5 Å². The first kappa shape index (κ1) is 20.4. The van der Waals surface area contributed by atoms with Crippen LogP contribution in [0.1, 0.15) is 5.56 Å². The average Bonchev–Trinajstić information content (AvgIpc) is 2.79. The van der Waals surface area contributed by atoms with Gasteiger partial charge < -0.3 is 23.5 Å². The Balaban J connectivity index is 1.73. The van der Waals surface area contributed by atoms with E-state index in [9.17, 15) is 0 Å². The molecule has 0 aliphatic carbocycles. The van der Waals surface area contributed by atoms with Gasteiger partial charge in [0.1, 0.15) is 24.4 Å². The van der Waals surface area contributed by atoms with Gasteiger partial charge in [-0.25, -0.2) is 0 Å². The van der Waals surface area contributed by atoms with E-state index in [1.807, 2.05) is 30.3 Å². The maximum absolute atomic E-state index is 6.23. The third kappa shape index (κ3) is 4.50. The van der Waals surface area contributed by atoms with Crippen LogP contribution in [0.3, 0.4) is 0 Å². The van der Waals surface area contributed by atoms with Crippen LogP contribution in [0.15, 0.2) is 51.9 Å². The summed E-state index contributed by atoms with van der Waals surface area (Å²) in [5.74, 6) is 2.12. The van der Waals surface area contributed by atoms with E-state index in [0.29, 0.717) is 11.5 Å². The molecule has 1 fully saturated rings. The second-order valence-electron chi connectivity index (χ2n) is 7.56. The van der Waals surface area contributed by atoms with Crippen LogP contribution >= 0.6 is 0 Å². The van der Waals surface area contributed by atoms with Gasteiger partial charge in [0.15, 0.2) is 11.5 Å². The number of nitrogens with one attached hydrogen (secondary N) is 1. The number of rotatable bonds is 6. The minimum atomic E-state index is 0.670. The number of fused-ring (bicyclic) bond motifs is 1. The van der Waals surface area contributed by atoms with Crippen molar-refractivity contribution in [3.05, 3.63) is 53.4 Å². The van der Waals surface area contributed by atoms with E-state index in [4.69, 9.17) is 23.6 Å². The van der Waals surface area contributed by atoms with Gasteiger partial charge in [0.2, 0.25) is 0 Å². The largest absolute Gasteiger partial charge is 0.493 e. The highest BCUT2D eigenvalue weighted by molar-refractivity contribution is 5.79. The Morgan fingerprint density at radius 3 is 2.53 bits per heavy atom. The minimum absolute atomic E-state index is 0.670. The minimum Gasteiger partial charge on any atom is -0.493 e. The quantitative estimate of drug-likeness (QED) is 0.679. The van der Waals surface area contributed by atoms with Crippen LogP contribution in [-0.2, 0) is 4.74 Å². The summed E-state index contributed by atoms with van der Waals surface area (Å²) in [4.78, 5) is 6.50. The first-order chi connectivity index (χ1) is 14.7. The molecule has 30 heavy (non-hydrogen) atoms. The maximum atomic E-state index is 6.23. The lowest BCUT2D eigenvalue weighted by molar-refractivity contribution is -0.906. The Hall–Kier alpha value is -2.83. The van der Waals surface area contributed by atoms with Crippen molar-refractivity contribution in [2.75, 3.05) is 53.6 Å². The zero-order valence-electron chi connectivity index (χ0n) is 17.9. The lowest BCUT2D eigenvalue weighted by atomic mass is 10.1. The summed E-state index contributed by atoms with van der Waals surface area (Å²) in [5.41, 5.74) is 2.93. The molecule has 158 valence electrons. The molecule has 2 aromatic carbocycles. The summed E-state index contributed by atoms with van der Waals surface area (Å²) < 4.78 is 22.5. The molecule has 1 saturated heterocycles. The molecule has 0 unspecified atom stereocenters. The molecule has 4 rings (SSSR count). The van der Waals surface area contributed by atoms with Gasteiger partial charge in [0, 0.05) is 17.0 Å². The number of quaternary nitrogens is 1. The highest BCUT2D eigenvalue weighted by Crippen LogP contribution is 2.32. The summed E-state index contributed by atoms with van der Waals surface area (Å²) in [6, 6.07) is 14.0. The normalized spacial score (nSPS) is 15.5. The molecule has 0 saturated carbocycles. The number of nitrogens with zero attached hydrogens (tertiary/aromatic N) is 1. The fourth-order valence-electron chi connectivity index (χ4n) is 3.79. The molecule has 0 bridgehead atoms. The molecule has 1 aromatic heterocycles. The van der Waals surface area contributed by atoms with E-state index in [1.54, 1.807) is 19.1 Å². The molecule has 0 amide bonds. The Morgan fingerprint density at radius 2 is 1.77 bits per heavy atom. The number of aryl methyl sites for hydroxylation is 1. The summed E-state index contributed by atoms with van der Waals surface area (Å²) in [6.07, 6.45) is 0. The van der Waals surface area contributed by atoms with Crippen LogP contribution in [0.2, 0.25) is 0 Å². The van der Waals surface area contributed by atoms with Crippen molar-refractivity contribution in [1.82, 2.24) is 0 Å². The number of methoxy groups -OCH3 is 2. The highest BCUT2D eigenvalue weighted by atomic mass is 16.5. The van der Waals surface area contributed by atoms with Crippen molar-refractivity contribution in [2.24, 2.45) is 4.99 Å². The summed E-state index contributed by atoms with van der Waals surface area (Å²) >= 11 is 0. The molecule has 1 aliphatic rings. The number of morpholine rings is 1. The second kappa shape index (κ2) is 9.32. The van der Waals surface area contributed by atoms with Crippen LogP contribution in [0, 0.1) is 6.92 Å². The predicted molar refractivity (Wildman–Crippen MR) is 116 cm³/mol. The summed E-state index contributed by atoms with van der Waals surface area (Å²) in [6.45, 7) is 7.65. The Bertz CT molecular complexity index is 1080. The Labute approximate surface area is 176 Å². The van der Waals surface area contributed by atoms with Crippen molar-refractivity contribution in [3.63, 3.8) is 0 Å². The standard InChI is InChI=1S/C24H28N2O4/c1-17-4-6-21-19(14-17)20(25-8-9-26-10-12-29-13-11-26)16-23(30-21)18-5-7-22(27-2)24(15-18)28-3/h4-7,14-16H,8-13H2,1-3H3/p+1. The number of ether oxygens (including phenoxy) is 3. The van der Waals surface area contributed by atoms with E-state index < -0.39 is 0 Å². The topological polar surface area (TPSA) is 57.6 Å². The molecular formula is C24H29N2O4+. The van der Waals surface area contributed by atoms with Gasteiger partial charge in [0.05, 0.1) is 45.9 Å². The van der Waals surface area contributed by atoms with Crippen molar-refractivity contribution in [1.29, 1.82) is 0 Å². The van der Waals surface area contributed by atoms with E-state index in [1.165, 1.54) is 5.56 Å². The van der Waals surface area contributed by atoms with Gasteiger partial charge in [0.25, 0.3) is 0 Å². The van der Waals surface area contributed by atoms with Gasteiger partial charge in [-0.15, -0.1) is 0 Å². The molecule has 6 heteroatoms. The Morgan fingerprint density at radius 1 is 0.967 bits per heavy atom. The fourth-order valence-corrected chi connectivity index (χ4v) is 3.79. The third-order valence-corrected chi connectivity index (χ3v) is 5.51. The van der Waals surface area contributed by atoms with E-state index in [0.717, 1.165) is 67.0 Å². The molecule has 1 aliphatic heterocycles. The van der Waals surface area contributed by atoms with Crippen molar-refractivity contribution < 1.29 is 23.5 Å². The van der Waals surface area contributed by atoms with Crippen molar-refractivity contribution in [3.8, 4) is 22.8 Å². The second-order valence-corrected chi connectivity index (χ2v) is 7.56. The molecule has 0 spiro atoms. The van der Waals surface area contributed by atoms with Gasteiger partial charge in [-0.05, 0) is 37.3 Å². The first-order valence-electron chi connectivity index (χ1n) is 10.4. The molecular weight excluding hydrogens is 380 g/mol. The number of hydrogen-bond acceptors (Lipinski definition) is 5. The third-order valence-electron chi connectivity index (χ3n) is 5.51. The van der Waals surface area contributed by atoms with Crippen molar-refractivity contribution >= 4 is 11.0 Å². The molecule has 3 aromatic rings. The SMILES string of the molecule is COc1ccc(-c2cc(=NCC[NH+]3CCOCC3)c3cc(C)ccc3o2)cc1OC. The molecule has 0 atom stereocenters. The average molecular weight is 410 g/mol. The zero-order chi connectivity index (χ0) is 20.9. The first-order valence-corrected chi connectivity index (χ1v) is 10.4. The molecule has 2 heterocycles. The smallest absolute Gasteiger partial charge is 0.161 e. The highest BCUT2D eigenvalue weighted by Gasteiger charge is 2.13. The predicted octanol–water partition coefficient (Wildman–Crippen LogP) is 2.24. The zero-order valence-corrected chi connectivity index (χ0v) is 17.9. The van der Waals surface area contributed by atoms with Gasteiger partial charge >= 0.3 is 0 Å². The van der Waals surface area contributed by atoms with E-state index in [2.05, 4.69) is 19.1 Å². The lowest BCUT2D eigenvalue weighted by Crippen LogP contribution is -3.14. The van der Waals surface area contributed by atoms with Crippen LogP contribution in [-0.4, -0.2) is 53.6 Å². The molecule has 1 N–H and O–H groups in total. The summed E-state index contributed by atoms with van der Waals surface area (Å²) in [5, 5.41) is 1.99. The van der Waals surface area contributed by atoms with Gasteiger partial charge in [-0.3, -0.25) is 4.99 Å². The van der Waals surface area contributed by atoms with Gasteiger partial charge in [-0.2, -0.15) is 0 Å². The summed E-state index contributed by atoms with van der Waals surface area (Å²) in [7, 11) is 3.27. The molecule has 6 nitrogen and oxygen atoms in total. The van der Waals surface area contributed by atoms with Crippen molar-refractivity contribution in [2.45, 2.75) is 6.92 Å².